The van der Waals surface area contributed by atoms with Gasteiger partial charge < -0.3 is 20.3 Å². The Morgan fingerprint density at radius 1 is 1.37 bits per heavy atom. The van der Waals surface area contributed by atoms with Crippen molar-refractivity contribution in [2.45, 2.75) is 0 Å². The SMILES string of the molecule is CN1CCN(C(=O)COc2ccc(F)cc2N)CC1. The van der Waals surface area contributed by atoms with Crippen molar-refractivity contribution in [1.29, 1.82) is 0 Å². The van der Waals surface area contributed by atoms with E-state index in [0.717, 1.165) is 13.1 Å². The van der Waals surface area contributed by atoms with Gasteiger partial charge in [-0.15, -0.1) is 0 Å². The molecule has 2 N–H and O–H groups in total. The summed E-state index contributed by atoms with van der Waals surface area (Å²) in [6.07, 6.45) is 0. The summed E-state index contributed by atoms with van der Waals surface area (Å²) < 4.78 is 18.2. The molecule has 1 amide bonds. The second-order valence-corrected chi connectivity index (χ2v) is 4.65. The van der Waals surface area contributed by atoms with Gasteiger partial charge in [0.05, 0.1) is 5.69 Å². The van der Waals surface area contributed by atoms with Crippen LogP contribution in [0.1, 0.15) is 0 Å². The highest BCUT2D eigenvalue weighted by atomic mass is 19.1. The number of amides is 1. The van der Waals surface area contributed by atoms with Crippen LogP contribution >= 0.6 is 0 Å². The highest BCUT2D eigenvalue weighted by molar-refractivity contribution is 5.78. The van der Waals surface area contributed by atoms with Gasteiger partial charge in [0.25, 0.3) is 5.91 Å². The van der Waals surface area contributed by atoms with Crippen LogP contribution in [0.15, 0.2) is 18.2 Å². The number of hydrogen-bond acceptors (Lipinski definition) is 4. The number of carbonyl (C=O) groups is 1. The Kier molecular flexibility index (Phi) is 4.21. The molecule has 5 nitrogen and oxygen atoms in total. The Hall–Kier alpha value is -1.82. The highest BCUT2D eigenvalue weighted by Gasteiger charge is 2.19. The van der Waals surface area contributed by atoms with E-state index in [0.29, 0.717) is 18.8 Å². The third kappa shape index (κ3) is 3.57. The minimum Gasteiger partial charge on any atom is -0.482 e. The summed E-state index contributed by atoms with van der Waals surface area (Å²) in [6.45, 7) is 3.07. The first-order chi connectivity index (χ1) is 9.06. The molecule has 0 spiro atoms. The van der Waals surface area contributed by atoms with Crippen LogP contribution in [0.4, 0.5) is 10.1 Å². The van der Waals surface area contributed by atoms with E-state index < -0.39 is 5.82 Å². The fourth-order valence-electron chi connectivity index (χ4n) is 1.94. The number of likely N-dealkylation sites (N-methyl/N-ethyl adjacent to an activating group) is 1. The molecular weight excluding hydrogens is 249 g/mol. The smallest absolute Gasteiger partial charge is 0.260 e. The molecule has 1 aromatic rings. The number of carbonyl (C=O) groups excluding carboxylic acids is 1. The van der Waals surface area contributed by atoms with Crippen molar-refractivity contribution >= 4 is 11.6 Å². The average Bonchev–Trinajstić information content (AvgIpc) is 2.38. The normalized spacial score (nSPS) is 16.4. The molecule has 1 aromatic carbocycles. The standard InChI is InChI=1S/C13H18FN3O2/c1-16-4-6-17(7-5-16)13(18)9-19-12-3-2-10(14)8-11(12)15/h2-3,8H,4-7,9,15H2,1H3. The number of ether oxygens (including phenoxy) is 1. The Morgan fingerprint density at radius 3 is 2.68 bits per heavy atom. The summed E-state index contributed by atoms with van der Waals surface area (Å²) in [5.41, 5.74) is 5.81. The number of piperazine rings is 1. The van der Waals surface area contributed by atoms with Crippen LogP contribution in [-0.2, 0) is 4.79 Å². The third-order valence-corrected chi connectivity index (χ3v) is 3.18. The summed E-state index contributed by atoms with van der Waals surface area (Å²) >= 11 is 0. The maximum absolute atomic E-state index is 12.9. The predicted molar refractivity (Wildman–Crippen MR) is 70.4 cm³/mol. The summed E-state index contributed by atoms with van der Waals surface area (Å²) in [7, 11) is 2.03. The van der Waals surface area contributed by atoms with Gasteiger partial charge in [-0.1, -0.05) is 0 Å². The van der Waals surface area contributed by atoms with E-state index in [9.17, 15) is 9.18 Å². The van der Waals surface area contributed by atoms with Crippen molar-refractivity contribution < 1.29 is 13.9 Å². The Labute approximate surface area is 111 Å². The quantitative estimate of drug-likeness (QED) is 0.813. The molecule has 0 unspecified atom stereocenters. The number of nitrogens with two attached hydrogens (primary N) is 1. The number of anilines is 1. The van der Waals surface area contributed by atoms with Crippen molar-refractivity contribution in [3.05, 3.63) is 24.0 Å². The van der Waals surface area contributed by atoms with Crippen molar-refractivity contribution in [2.75, 3.05) is 45.6 Å². The van der Waals surface area contributed by atoms with E-state index in [1.165, 1.54) is 18.2 Å². The van der Waals surface area contributed by atoms with Crippen molar-refractivity contribution in [3.63, 3.8) is 0 Å². The van der Waals surface area contributed by atoms with Gasteiger partial charge in [-0.25, -0.2) is 4.39 Å². The van der Waals surface area contributed by atoms with Crippen LogP contribution in [0.5, 0.6) is 5.75 Å². The fraction of sp³-hybridized carbons (Fsp3) is 0.462. The molecule has 1 heterocycles. The van der Waals surface area contributed by atoms with E-state index in [1.807, 2.05) is 7.05 Å². The molecule has 6 heteroatoms. The molecule has 0 bridgehead atoms. The monoisotopic (exact) mass is 267 g/mol. The highest BCUT2D eigenvalue weighted by Crippen LogP contribution is 2.21. The van der Waals surface area contributed by atoms with Gasteiger partial charge in [0.2, 0.25) is 0 Å². The first kappa shape index (κ1) is 13.6. The molecule has 104 valence electrons. The lowest BCUT2D eigenvalue weighted by atomic mass is 10.3. The number of halogens is 1. The van der Waals surface area contributed by atoms with Gasteiger partial charge in [0, 0.05) is 32.2 Å². The van der Waals surface area contributed by atoms with Crippen molar-refractivity contribution in [3.8, 4) is 5.75 Å². The molecule has 0 saturated carbocycles. The average molecular weight is 267 g/mol. The second kappa shape index (κ2) is 5.88. The number of nitrogens with zero attached hydrogens (tertiary/aromatic N) is 2. The van der Waals surface area contributed by atoms with E-state index in [4.69, 9.17) is 10.5 Å². The van der Waals surface area contributed by atoms with Gasteiger partial charge >= 0.3 is 0 Å². The largest absolute Gasteiger partial charge is 0.482 e. The number of nitrogen functional groups attached to an aromatic ring is 1. The van der Waals surface area contributed by atoms with Gasteiger partial charge in [-0.05, 0) is 19.2 Å². The van der Waals surface area contributed by atoms with Gasteiger partial charge in [-0.2, -0.15) is 0 Å². The lowest BCUT2D eigenvalue weighted by Crippen LogP contribution is -2.48. The van der Waals surface area contributed by atoms with Crippen LogP contribution in [-0.4, -0.2) is 55.5 Å². The van der Waals surface area contributed by atoms with E-state index in [2.05, 4.69) is 4.90 Å². The fourth-order valence-corrected chi connectivity index (χ4v) is 1.94. The zero-order chi connectivity index (χ0) is 13.8. The summed E-state index contributed by atoms with van der Waals surface area (Å²) in [5, 5.41) is 0. The Bertz CT molecular complexity index is 459. The van der Waals surface area contributed by atoms with Crippen LogP contribution in [0, 0.1) is 5.82 Å². The van der Waals surface area contributed by atoms with Crippen molar-refractivity contribution in [1.82, 2.24) is 9.80 Å². The summed E-state index contributed by atoms with van der Waals surface area (Å²) in [4.78, 5) is 15.9. The number of rotatable bonds is 3. The minimum absolute atomic E-state index is 0.0699. The molecule has 0 radical (unpaired) electrons. The van der Waals surface area contributed by atoms with Gasteiger partial charge in [0.15, 0.2) is 6.61 Å². The molecule has 1 aliphatic rings. The summed E-state index contributed by atoms with van der Waals surface area (Å²) in [5.74, 6) is -0.157. The van der Waals surface area contributed by atoms with Gasteiger partial charge in [0.1, 0.15) is 11.6 Å². The van der Waals surface area contributed by atoms with Crippen LogP contribution in [0.3, 0.4) is 0 Å². The molecule has 0 atom stereocenters. The third-order valence-electron chi connectivity index (χ3n) is 3.18. The van der Waals surface area contributed by atoms with Gasteiger partial charge in [-0.3, -0.25) is 4.79 Å². The van der Waals surface area contributed by atoms with Crippen LogP contribution in [0.2, 0.25) is 0 Å². The number of hydrogen-bond donors (Lipinski definition) is 1. The zero-order valence-corrected chi connectivity index (χ0v) is 10.9. The molecule has 0 aliphatic carbocycles. The lowest BCUT2D eigenvalue weighted by molar-refractivity contribution is -0.134. The minimum atomic E-state index is -0.421. The number of benzene rings is 1. The lowest BCUT2D eigenvalue weighted by Gasteiger charge is -2.32. The Balaban J connectivity index is 1.86. The van der Waals surface area contributed by atoms with E-state index >= 15 is 0 Å². The molecule has 1 fully saturated rings. The molecule has 1 saturated heterocycles. The first-order valence-electron chi connectivity index (χ1n) is 6.20. The second-order valence-electron chi connectivity index (χ2n) is 4.65. The van der Waals surface area contributed by atoms with Crippen molar-refractivity contribution in [2.24, 2.45) is 0 Å². The predicted octanol–water partition coefficient (Wildman–Crippen LogP) is 0.561. The van der Waals surface area contributed by atoms with E-state index in [1.54, 1.807) is 4.90 Å². The molecule has 1 aliphatic heterocycles. The molecule has 2 rings (SSSR count). The molecular formula is C13H18FN3O2. The first-order valence-corrected chi connectivity index (χ1v) is 6.20. The maximum atomic E-state index is 12.9. The zero-order valence-electron chi connectivity index (χ0n) is 10.9. The van der Waals surface area contributed by atoms with Crippen LogP contribution in [0.25, 0.3) is 0 Å². The van der Waals surface area contributed by atoms with Crippen LogP contribution < -0.4 is 10.5 Å². The Morgan fingerprint density at radius 2 is 2.05 bits per heavy atom. The molecule has 19 heavy (non-hydrogen) atoms. The topological polar surface area (TPSA) is 58.8 Å². The van der Waals surface area contributed by atoms with E-state index in [-0.39, 0.29) is 18.2 Å². The summed E-state index contributed by atoms with van der Waals surface area (Å²) in [6, 6.07) is 3.86. The maximum Gasteiger partial charge on any atom is 0.260 e. The molecule has 0 aromatic heterocycles.